The highest BCUT2D eigenvalue weighted by Crippen LogP contribution is 2.24. The Morgan fingerprint density at radius 2 is 1.92 bits per heavy atom. The highest BCUT2D eigenvalue weighted by Gasteiger charge is 2.37. The molecule has 0 fully saturated rings. The average Bonchev–Trinajstić information content (AvgIpc) is 3.15. The zero-order chi connectivity index (χ0) is 17.3. The number of hydrogen-bond acceptors (Lipinski definition) is 4. The smallest absolute Gasteiger partial charge is 0.262 e. The van der Waals surface area contributed by atoms with Gasteiger partial charge in [-0.2, -0.15) is 0 Å². The predicted molar refractivity (Wildman–Crippen MR) is 92.0 cm³/mol. The number of rotatable bonds is 5. The summed E-state index contributed by atoms with van der Waals surface area (Å²) in [7, 11) is 0. The Morgan fingerprint density at radius 3 is 2.58 bits per heavy atom. The molecule has 5 nitrogen and oxygen atoms in total. The van der Waals surface area contributed by atoms with Crippen molar-refractivity contribution in [1.29, 1.82) is 0 Å². The van der Waals surface area contributed by atoms with E-state index in [0.717, 1.165) is 15.3 Å². The van der Waals surface area contributed by atoms with Crippen LogP contribution < -0.4 is 0 Å². The van der Waals surface area contributed by atoms with E-state index in [1.807, 2.05) is 31.4 Å². The Hall–Kier alpha value is -2.47. The fourth-order valence-corrected chi connectivity index (χ4v) is 3.47. The Labute approximate surface area is 144 Å². The highest BCUT2D eigenvalue weighted by atomic mass is 32.1. The lowest BCUT2D eigenvalue weighted by Crippen LogP contribution is -2.42. The number of aryl methyl sites for hydroxylation is 1. The van der Waals surface area contributed by atoms with Crippen LogP contribution in [0.3, 0.4) is 0 Å². The summed E-state index contributed by atoms with van der Waals surface area (Å²) >= 11 is 1.58. The SMILES string of the molecule is CCN(Cc1cccs1)C(=O)CN1C(=O)c2ccc(C)cc2C1=O. The molecule has 0 saturated carbocycles. The van der Waals surface area contributed by atoms with Crippen molar-refractivity contribution in [1.82, 2.24) is 9.80 Å². The Kier molecular flexibility index (Phi) is 4.49. The summed E-state index contributed by atoms with van der Waals surface area (Å²) in [5.74, 6) is -1.01. The van der Waals surface area contributed by atoms with Crippen molar-refractivity contribution in [2.75, 3.05) is 13.1 Å². The lowest BCUT2D eigenvalue weighted by Gasteiger charge is -2.23. The minimum atomic E-state index is -0.393. The second-order valence-electron chi connectivity index (χ2n) is 5.73. The number of carbonyl (C=O) groups is 3. The van der Waals surface area contributed by atoms with Gasteiger partial charge in [0.15, 0.2) is 0 Å². The molecule has 0 N–H and O–H groups in total. The van der Waals surface area contributed by atoms with Gasteiger partial charge in [0.1, 0.15) is 6.54 Å². The van der Waals surface area contributed by atoms with Crippen LogP contribution in [0.1, 0.15) is 38.1 Å². The van der Waals surface area contributed by atoms with Crippen LogP contribution in [-0.4, -0.2) is 40.6 Å². The fourth-order valence-electron chi connectivity index (χ4n) is 2.75. The Balaban J connectivity index is 1.75. The zero-order valence-corrected chi connectivity index (χ0v) is 14.4. The standard InChI is InChI=1S/C18H18N2O3S/c1-3-19(10-13-5-4-8-24-13)16(21)11-20-17(22)14-7-6-12(2)9-15(14)18(20)23/h4-9H,3,10-11H2,1-2H3. The molecule has 24 heavy (non-hydrogen) atoms. The lowest BCUT2D eigenvalue weighted by molar-refractivity contribution is -0.131. The number of likely N-dealkylation sites (N-methyl/N-ethyl adjacent to an activating group) is 1. The molecular formula is C18H18N2O3S. The van der Waals surface area contributed by atoms with Gasteiger partial charge in [-0.25, -0.2) is 0 Å². The maximum Gasteiger partial charge on any atom is 0.262 e. The number of hydrogen-bond donors (Lipinski definition) is 0. The van der Waals surface area contributed by atoms with Crippen LogP contribution in [0.4, 0.5) is 0 Å². The maximum atomic E-state index is 12.6. The molecule has 124 valence electrons. The topological polar surface area (TPSA) is 57.7 Å². The molecule has 0 spiro atoms. The first kappa shape index (κ1) is 16.4. The van der Waals surface area contributed by atoms with Crippen LogP contribution in [0.2, 0.25) is 0 Å². The van der Waals surface area contributed by atoms with Gasteiger partial charge in [0.25, 0.3) is 11.8 Å². The highest BCUT2D eigenvalue weighted by molar-refractivity contribution is 7.09. The first-order valence-corrected chi connectivity index (χ1v) is 8.66. The van der Waals surface area contributed by atoms with Crippen molar-refractivity contribution in [2.24, 2.45) is 0 Å². The molecule has 0 bridgehead atoms. The number of benzene rings is 1. The third-order valence-electron chi connectivity index (χ3n) is 4.08. The van der Waals surface area contributed by atoms with Crippen molar-refractivity contribution in [3.05, 3.63) is 57.3 Å². The molecule has 3 amide bonds. The summed E-state index contributed by atoms with van der Waals surface area (Å²) in [5.41, 5.74) is 1.67. The van der Waals surface area contributed by atoms with Crippen molar-refractivity contribution in [3.63, 3.8) is 0 Å². The third-order valence-corrected chi connectivity index (χ3v) is 4.94. The van der Waals surface area contributed by atoms with Crippen molar-refractivity contribution in [3.8, 4) is 0 Å². The van der Waals surface area contributed by atoms with Crippen LogP contribution in [0, 0.1) is 6.92 Å². The number of thiophene rings is 1. The van der Waals surface area contributed by atoms with Gasteiger partial charge in [0.05, 0.1) is 17.7 Å². The van der Waals surface area contributed by atoms with Gasteiger partial charge in [-0.15, -0.1) is 11.3 Å². The van der Waals surface area contributed by atoms with Gasteiger partial charge in [0.2, 0.25) is 5.91 Å². The summed E-state index contributed by atoms with van der Waals surface area (Å²) in [6.45, 7) is 4.56. The Morgan fingerprint density at radius 1 is 1.17 bits per heavy atom. The average molecular weight is 342 g/mol. The zero-order valence-electron chi connectivity index (χ0n) is 13.6. The first-order chi connectivity index (χ1) is 11.5. The predicted octanol–water partition coefficient (Wildman–Crippen LogP) is 2.70. The van der Waals surface area contributed by atoms with Gasteiger partial charge >= 0.3 is 0 Å². The van der Waals surface area contributed by atoms with E-state index in [1.165, 1.54) is 0 Å². The molecule has 1 aromatic heterocycles. The van der Waals surface area contributed by atoms with Crippen molar-refractivity contribution in [2.45, 2.75) is 20.4 Å². The van der Waals surface area contributed by atoms with Crippen molar-refractivity contribution >= 4 is 29.1 Å². The number of fused-ring (bicyclic) bond motifs is 1. The molecule has 0 atom stereocenters. The van der Waals surface area contributed by atoms with Crippen LogP contribution >= 0.6 is 11.3 Å². The largest absolute Gasteiger partial charge is 0.336 e. The molecule has 3 rings (SSSR count). The summed E-state index contributed by atoms with van der Waals surface area (Å²) in [6, 6.07) is 9.04. The minimum Gasteiger partial charge on any atom is -0.336 e. The van der Waals surface area contributed by atoms with E-state index >= 15 is 0 Å². The molecule has 6 heteroatoms. The molecular weight excluding hydrogens is 324 g/mol. The van der Waals surface area contributed by atoms with Gasteiger partial charge in [-0.3, -0.25) is 19.3 Å². The molecule has 1 aliphatic rings. The van der Waals surface area contributed by atoms with Crippen LogP contribution in [0.25, 0.3) is 0 Å². The first-order valence-electron chi connectivity index (χ1n) is 7.78. The lowest BCUT2D eigenvalue weighted by atomic mass is 10.1. The van der Waals surface area contributed by atoms with Crippen molar-refractivity contribution < 1.29 is 14.4 Å². The number of carbonyl (C=O) groups excluding carboxylic acids is 3. The van der Waals surface area contributed by atoms with Crippen LogP contribution in [-0.2, 0) is 11.3 Å². The van der Waals surface area contributed by atoms with E-state index in [9.17, 15) is 14.4 Å². The fraction of sp³-hybridized carbons (Fsp3) is 0.278. The number of nitrogens with zero attached hydrogens (tertiary/aromatic N) is 2. The normalized spacial score (nSPS) is 13.3. The molecule has 1 aromatic carbocycles. The van der Waals surface area contributed by atoms with E-state index in [4.69, 9.17) is 0 Å². The van der Waals surface area contributed by atoms with Gasteiger partial charge in [0, 0.05) is 11.4 Å². The molecule has 2 heterocycles. The monoisotopic (exact) mass is 342 g/mol. The van der Waals surface area contributed by atoms with Gasteiger partial charge < -0.3 is 4.90 Å². The molecule has 0 saturated heterocycles. The molecule has 0 radical (unpaired) electrons. The summed E-state index contributed by atoms with van der Waals surface area (Å²) in [5, 5.41) is 1.96. The van der Waals surface area contributed by atoms with E-state index in [-0.39, 0.29) is 18.4 Å². The maximum absolute atomic E-state index is 12.6. The Bertz CT molecular complexity index is 799. The molecule has 0 aliphatic carbocycles. The molecule has 2 aromatic rings. The molecule has 0 unspecified atom stereocenters. The van der Waals surface area contributed by atoms with E-state index in [2.05, 4.69) is 0 Å². The number of imide groups is 1. The molecule has 1 aliphatic heterocycles. The van der Waals surface area contributed by atoms with Gasteiger partial charge in [-0.05, 0) is 37.4 Å². The second-order valence-corrected chi connectivity index (χ2v) is 6.77. The quantitative estimate of drug-likeness (QED) is 0.785. The number of amides is 3. The van der Waals surface area contributed by atoms with E-state index < -0.39 is 5.91 Å². The second kappa shape index (κ2) is 6.57. The minimum absolute atomic E-state index is 0.218. The summed E-state index contributed by atoms with van der Waals surface area (Å²) < 4.78 is 0. The van der Waals surface area contributed by atoms with Crippen LogP contribution in [0.5, 0.6) is 0 Å². The van der Waals surface area contributed by atoms with Gasteiger partial charge in [-0.1, -0.05) is 17.7 Å². The van der Waals surface area contributed by atoms with Crippen LogP contribution in [0.15, 0.2) is 35.7 Å². The summed E-state index contributed by atoms with van der Waals surface area (Å²) in [6.07, 6.45) is 0. The van der Waals surface area contributed by atoms with E-state index in [1.54, 1.807) is 34.4 Å². The van der Waals surface area contributed by atoms with E-state index in [0.29, 0.717) is 24.2 Å². The summed E-state index contributed by atoms with van der Waals surface area (Å²) in [4.78, 5) is 41.2. The third kappa shape index (κ3) is 2.97.